The Morgan fingerprint density at radius 3 is 3.08 bits per heavy atom. The first-order valence-corrected chi connectivity index (χ1v) is 4.68. The minimum absolute atomic E-state index is 0.273. The molecular formula is C10H16N2O. The van der Waals surface area contributed by atoms with E-state index in [0.717, 1.165) is 19.5 Å². The SMILES string of the molecule is C#CCNC(C)CN1CCCC1=O. The van der Waals surface area contributed by atoms with Crippen LogP contribution in [-0.4, -0.2) is 36.5 Å². The van der Waals surface area contributed by atoms with Crippen molar-refractivity contribution in [3.8, 4) is 12.3 Å². The molecule has 3 nitrogen and oxygen atoms in total. The monoisotopic (exact) mass is 180 g/mol. The highest BCUT2D eigenvalue weighted by Crippen LogP contribution is 2.09. The van der Waals surface area contributed by atoms with Crippen LogP contribution in [0.5, 0.6) is 0 Å². The van der Waals surface area contributed by atoms with Gasteiger partial charge < -0.3 is 10.2 Å². The second-order valence-corrected chi connectivity index (χ2v) is 3.43. The maximum Gasteiger partial charge on any atom is 0.222 e. The van der Waals surface area contributed by atoms with Gasteiger partial charge in [0.15, 0.2) is 0 Å². The third-order valence-corrected chi connectivity index (χ3v) is 2.22. The molecule has 0 saturated carbocycles. The molecule has 0 aromatic carbocycles. The highest BCUT2D eigenvalue weighted by molar-refractivity contribution is 5.78. The maximum atomic E-state index is 11.2. The van der Waals surface area contributed by atoms with Crippen LogP contribution >= 0.6 is 0 Å². The van der Waals surface area contributed by atoms with E-state index in [2.05, 4.69) is 11.2 Å². The molecule has 0 bridgehead atoms. The Labute approximate surface area is 79.5 Å². The molecule has 0 spiro atoms. The lowest BCUT2D eigenvalue weighted by Crippen LogP contribution is -2.39. The highest BCUT2D eigenvalue weighted by Gasteiger charge is 2.21. The summed E-state index contributed by atoms with van der Waals surface area (Å²) in [6.45, 7) is 4.30. The number of likely N-dealkylation sites (tertiary alicyclic amines) is 1. The fourth-order valence-electron chi connectivity index (χ4n) is 1.53. The summed E-state index contributed by atoms with van der Waals surface area (Å²) in [5.74, 6) is 2.79. The van der Waals surface area contributed by atoms with Crippen molar-refractivity contribution in [2.75, 3.05) is 19.6 Å². The molecule has 1 rings (SSSR count). The number of nitrogens with one attached hydrogen (secondary N) is 1. The van der Waals surface area contributed by atoms with Gasteiger partial charge in [-0.3, -0.25) is 4.79 Å². The van der Waals surface area contributed by atoms with Crippen LogP contribution in [0.15, 0.2) is 0 Å². The first kappa shape index (κ1) is 10.1. The van der Waals surface area contributed by atoms with Crippen LogP contribution in [0.1, 0.15) is 19.8 Å². The number of carbonyl (C=O) groups excluding carboxylic acids is 1. The topological polar surface area (TPSA) is 32.3 Å². The van der Waals surface area contributed by atoms with Crippen molar-refractivity contribution in [3.63, 3.8) is 0 Å². The summed E-state index contributed by atoms with van der Waals surface area (Å²) >= 11 is 0. The van der Waals surface area contributed by atoms with Crippen LogP contribution in [0.3, 0.4) is 0 Å². The van der Waals surface area contributed by atoms with Crippen LogP contribution < -0.4 is 5.32 Å². The molecule has 3 heteroatoms. The van der Waals surface area contributed by atoms with Gasteiger partial charge in [-0.25, -0.2) is 0 Å². The standard InChI is InChI=1S/C10H16N2O/c1-3-6-11-9(2)8-12-7-4-5-10(12)13/h1,9,11H,4-8H2,2H3. The largest absolute Gasteiger partial charge is 0.341 e. The van der Waals surface area contributed by atoms with Crippen molar-refractivity contribution in [1.82, 2.24) is 10.2 Å². The van der Waals surface area contributed by atoms with Gasteiger partial charge in [-0.05, 0) is 13.3 Å². The van der Waals surface area contributed by atoms with E-state index in [1.54, 1.807) is 0 Å². The number of hydrogen-bond donors (Lipinski definition) is 1. The van der Waals surface area contributed by atoms with Crippen LogP contribution in [0, 0.1) is 12.3 Å². The summed E-state index contributed by atoms with van der Waals surface area (Å²) in [4.78, 5) is 13.1. The molecule has 1 fully saturated rings. The second kappa shape index (κ2) is 4.88. The van der Waals surface area contributed by atoms with Crippen molar-refractivity contribution in [1.29, 1.82) is 0 Å². The van der Waals surface area contributed by atoms with E-state index in [0.29, 0.717) is 13.0 Å². The molecule has 72 valence electrons. The molecule has 1 heterocycles. The number of hydrogen-bond acceptors (Lipinski definition) is 2. The zero-order valence-electron chi connectivity index (χ0n) is 8.05. The third-order valence-electron chi connectivity index (χ3n) is 2.22. The Morgan fingerprint density at radius 2 is 2.54 bits per heavy atom. The summed E-state index contributed by atoms with van der Waals surface area (Å²) < 4.78 is 0. The molecule has 1 amide bonds. The van der Waals surface area contributed by atoms with E-state index < -0.39 is 0 Å². The minimum Gasteiger partial charge on any atom is -0.341 e. The summed E-state index contributed by atoms with van der Waals surface area (Å²) in [6.07, 6.45) is 6.83. The molecule has 1 atom stereocenters. The van der Waals surface area contributed by atoms with Crippen molar-refractivity contribution >= 4 is 5.91 Å². The lowest BCUT2D eigenvalue weighted by atomic mass is 10.3. The predicted octanol–water partition coefficient (Wildman–Crippen LogP) is 0.220. The van der Waals surface area contributed by atoms with Crippen molar-refractivity contribution in [2.45, 2.75) is 25.8 Å². The van der Waals surface area contributed by atoms with Crippen molar-refractivity contribution < 1.29 is 4.79 Å². The number of nitrogens with zero attached hydrogens (tertiary/aromatic N) is 1. The first-order valence-electron chi connectivity index (χ1n) is 4.68. The van der Waals surface area contributed by atoms with E-state index in [9.17, 15) is 4.79 Å². The van der Waals surface area contributed by atoms with Gasteiger partial charge >= 0.3 is 0 Å². The van der Waals surface area contributed by atoms with Gasteiger partial charge in [0.05, 0.1) is 6.54 Å². The highest BCUT2D eigenvalue weighted by atomic mass is 16.2. The molecule has 0 radical (unpaired) electrons. The van der Waals surface area contributed by atoms with E-state index >= 15 is 0 Å². The molecule has 1 N–H and O–H groups in total. The van der Waals surface area contributed by atoms with Crippen molar-refractivity contribution in [2.24, 2.45) is 0 Å². The van der Waals surface area contributed by atoms with E-state index in [1.165, 1.54) is 0 Å². The average Bonchev–Trinajstić information content (AvgIpc) is 2.48. The van der Waals surface area contributed by atoms with Gasteiger partial charge in [0.1, 0.15) is 0 Å². The third kappa shape index (κ3) is 3.08. The molecule has 13 heavy (non-hydrogen) atoms. The van der Waals surface area contributed by atoms with Crippen LogP contribution in [0.25, 0.3) is 0 Å². The van der Waals surface area contributed by atoms with Gasteiger partial charge in [0.2, 0.25) is 5.91 Å². The average molecular weight is 180 g/mol. The Balaban J connectivity index is 2.23. The normalized spacial score (nSPS) is 18.8. The van der Waals surface area contributed by atoms with Crippen molar-refractivity contribution in [3.05, 3.63) is 0 Å². The predicted molar refractivity (Wildman–Crippen MR) is 52.1 cm³/mol. The zero-order valence-corrected chi connectivity index (χ0v) is 8.05. The molecule has 0 aromatic heterocycles. The summed E-state index contributed by atoms with van der Waals surface area (Å²) in [6, 6.07) is 0.290. The van der Waals surface area contributed by atoms with Gasteiger partial charge in [-0.15, -0.1) is 6.42 Å². The lowest BCUT2D eigenvalue weighted by molar-refractivity contribution is -0.127. The van der Waals surface area contributed by atoms with E-state index in [1.807, 2.05) is 11.8 Å². The molecule has 0 aromatic rings. The second-order valence-electron chi connectivity index (χ2n) is 3.43. The van der Waals surface area contributed by atoms with Gasteiger partial charge in [-0.2, -0.15) is 0 Å². The number of amides is 1. The fraction of sp³-hybridized carbons (Fsp3) is 0.700. The molecule has 1 saturated heterocycles. The first-order chi connectivity index (χ1) is 6.24. The van der Waals surface area contributed by atoms with Crippen LogP contribution in [-0.2, 0) is 4.79 Å². The Kier molecular flexibility index (Phi) is 3.78. The Bertz CT molecular complexity index is 219. The van der Waals surface area contributed by atoms with Gasteiger partial charge in [0.25, 0.3) is 0 Å². The van der Waals surface area contributed by atoms with E-state index in [-0.39, 0.29) is 11.9 Å². The number of rotatable bonds is 4. The number of terminal acetylenes is 1. The number of carbonyl (C=O) groups is 1. The summed E-state index contributed by atoms with van der Waals surface area (Å²) in [5, 5.41) is 3.15. The van der Waals surface area contributed by atoms with Crippen LogP contribution in [0.4, 0.5) is 0 Å². The maximum absolute atomic E-state index is 11.2. The molecule has 1 unspecified atom stereocenters. The Morgan fingerprint density at radius 1 is 1.77 bits per heavy atom. The summed E-state index contributed by atoms with van der Waals surface area (Å²) in [5.41, 5.74) is 0. The van der Waals surface area contributed by atoms with E-state index in [4.69, 9.17) is 6.42 Å². The fourth-order valence-corrected chi connectivity index (χ4v) is 1.53. The van der Waals surface area contributed by atoms with Gasteiger partial charge in [-0.1, -0.05) is 5.92 Å². The van der Waals surface area contributed by atoms with Gasteiger partial charge in [0, 0.05) is 25.6 Å². The quantitative estimate of drug-likeness (QED) is 0.628. The smallest absolute Gasteiger partial charge is 0.222 e. The van der Waals surface area contributed by atoms with Crippen LogP contribution in [0.2, 0.25) is 0 Å². The lowest BCUT2D eigenvalue weighted by Gasteiger charge is -2.20. The molecule has 1 aliphatic heterocycles. The summed E-state index contributed by atoms with van der Waals surface area (Å²) in [7, 11) is 0. The molecule has 0 aliphatic carbocycles. The Hall–Kier alpha value is -1.01. The minimum atomic E-state index is 0.273. The molecule has 1 aliphatic rings. The zero-order chi connectivity index (χ0) is 9.68. The molecular weight excluding hydrogens is 164 g/mol.